The zero-order chi connectivity index (χ0) is 13.1. The van der Waals surface area contributed by atoms with Gasteiger partial charge in [-0.25, -0.2) is 0 Å². The minimum atomic E-state index is 0.0504. The van der Waals surface area contributed by atoms with Crippen LogP contribution in [0.5, 0.6) is 0 Å². The summed E-state index contributed by atoms with van der Waals surface area (Å²) in [6.07, 6.45) is 5.66. The first-order valence-electron chi connectivity index (χ1n) is 6.31. The molecule has 19 heavy (non-hydrogen) atoms. The molecule has 1 aliphatic rings. The molecule has 1 amide bonds. The summed E-state index contributed by atoms with van der Waals surface area (Å²) in [6.45, 7) is 1.52. The highest BCUT2D eigenvalue weighted by atomic mass is 32.2. The molecule has 0 bridgehead atoms. The number of thioether (sulfide) groups is 1. The van der Waals surface area contributed by atoms with E-state index in [4.69, 9.17) is 8.83 Å². The molecule has 1 atom stereocenters. The molecule has 4 nitrogen and oxygen atoms in total. The lowest BCUT2D eigenvalue weighted by atomic mass is 10.2. The van der Waals surface area contributed by atoms with Gasteiger partial charge in [0.15, 0.2) is 0 Å². The Morgan fingerprint density at radius 3 is 3.00 bits per heavy atom. The number of hydrogen-bond donors (Lipinski definition) is 0. The second-order valence-electron chi connectivity index (χ2n) is 4.47. The summed E-state index contributed by atoms with van der Waals surface area (Å²) in [5.74, 6) is 1.98. The molecule has 0 aromatic carbocycles. The van der Waals surface area contributed by atoms with E-state index in [2.05, 4.69) is 0 Å². The highest BCUT2D eigenvalue weighted by Crippen LogP contribution is 2.34. The lowest BCUT2D eigenvalue weighted by molar-refractivity contribution is 0.0765. The average Bonchev–Trinajstić information content (AvgIpc) is 3.08. The molecule has 0 radical (unpaired) electrons. The van der Waals surface area contributed by atoms with E-state index in [1.165, 1.54) is 12.5 Å². The maximum absolute atomic E-state index is 12.2. The van der Waals surface area contributed by atoms with Gasteiger partial charge in [-0.2, -0.15) is 0 Å². The van der Waals surface area contributed by atoms with Gasteiger partial charge in [-0.15, -0.1) is 11.8 Å². The van der Waals surface area contributed by atoms with Crippen LogP contribution in [-0.2, 0) is 0 Å². The van der Waals surface area contributed by atoms with Gasteiger partial charge in [0.25, 0.3) is 5.91 Å². The Kier molecular flexibility index (Phi) is 3.64. The van der Waals surface area contributed by atoms with Crippen LogP contribution in [-0.4, -0.2) is 29.6 Å². The van der Waals surface area contributed by atoms with Crippen molar-refractivity contribution in [3.05, 3.63) is 48.3 Å². The monoisotopic (exact) mass is 277 g/mol. The van der Waals surface area contributed by atoms with E-state index in [1.807, 2.05) is 28.8 Å². The number of rotatable bonds is 2. The zero-order valence-corrected chi connectivity index (χ0v) is 11.3. The molecular formula is C14H15NO3S. The van der Waals surface area contributed by atoms with Crippen molar-refractivity contribution >= 4 is 17.7 Å². The number of amides is 1. The lowest BCUT2D eigenvalue weighted by Gasteiger charge is -2.19. The molecule has 0 N–H and O–H groups in total. The molecule has 2 aromatic rings. The van der Waals surface area contributed by atoms with Crippen molar-refractivity contribution in [1.82, 2.24) is 4.90 Å². The second kappa shape index (κ2) is 5.57. The largest absolute Gasteiger partial charge is 0.472 e. The maximum atomic E-state index is 12.2. The van der Waals surface area contributed by atoms with Gasteiger partial charge < -0.3 is 13.7 Å². The summed E-state index contributed by atoms with van der Waals surface area (Å²) in [5, 5.41) is 0.345. The highest BCUT2D eigenvalue weighted by Gasteiger charge is 2.24. The van der Waals surface area contributed by atoms with Crippen molar-refractivity contribution in [1.29, 1.82) is 0 Å². The van der Waals surface area contributed by atoms with Gasteiger partial charge in [0.1, 0.15) is 12.0 Å². The van der Waals surface area contributed by atoms with E-state index in [1.54, 1.807) is 12.3 Å². The molecule has 3 rings (SSSR count). The van der Waals surface area contributed by atoms with Crippen LogP contribution in [0, 0.1) is 0 Å². The first kappa shape index (κ1) is 12.4. The molecule has 2 aromatic heterocycles. The third-order valence-electron chi connectivity index (χ3n) is 3.26. The Hall–Kier alpha value is -1.62. The van der Waals surface area contributed by atoms with Crippen LogP contribution >= 0.6 is 11.8 Å². The van der Waals surface area contributed by atoms with Gasteiger partial charge in [0.05, 0.1) is 23.3 Å². The molecule has 0 unspecified atom stereocenters. The third kappa shape index (κ3) is 2.71. The molecule has 3 heterocycles. The van der Waals surface area contributed by atoms with Crippen LogP contribution in [0.1, 0.15) is 27.8 Å². The molecule has 0 aliphatic carbocycles. The molecule has 1 saturated heterocycles. The van der Waals surface area contributed by atoms with Gasteiger partial charge in [-0.3, -0.25) is 4.79 Å². The summed E-state index contributed by atoms with van der Waals surface area (Å²) in [5.41, 5.74) is 0.626. The van der Waals surface area contributed by atoms with E-state index in [0.29, 0.717) is 10.8 Å². The maximum Gasteiger partial charge on any atom is 0.257 e. The summed E-state index contributed by atoms with van der Waals surface area (Å²) in [4.78, 5) is 14.1. The molecule has 0 saturated carbocycles. The summed E-state index contributed by atoms with van der Waals surface area (Å²) in [6, 6.07) is 5.63. The number of furan rings is 2. The predicted octanol–water partition coefficient (Wildman–Crippen LogP) is 3.19. The lowest BCUT2D eigenvalue weighted by Crippen LogP contribution is -2.32. The van der Waals surface area contributed by atoms with E-state index in [0.717, 1.165) is 31.0 Å². The molecule has 1 aliphatic heterocycles. The van der Waals surface area contributed by atoms with E-state index >= 15 is 0 Å². The molecule has 100 valence electrons. The van der Waals surface area contributed by atoms with Gasteiger partial charge >= 0.3 is 0 Å². The van der Waals surface area contributed by atoms with Crippen LogP contribution < -0.4 is 0 Å². The van der Waals surface area contributed by atoms with E-state index in [-0.39, 0.29) is 5.91 Å². The Morgan fingerprint density at radius 1 is 1.32 bits per heavy atom. The molecular weight excluding hydrogens is 262 g/mol. The number of carbonyl (C=O) groups excluding carboxylic acids is 1. The van der Waals surface area contributed by atoms with Crippen molar-refractivity contribution in [2.45, 2.75) is 11.7 Å². The van der Waals surface area contributed by atoms with Crippen LogP contribution in [0.15, 0.2) is 45.8 Å². The minimum Gasteiger partial charge on any atom is -0.472 e. The highest BCUT2D eigenvalue weighted by molar-refractivity contribution is 7.99. The summed E-state index contributed by atoms with van der Waals surface area (Å²) in [7, 11) is 0. The Morgan fingerprint density at radius 2 is 2.26 bits per heavy atom. The number of carbonyl (C=O) groups is 1. The SMILES string of the molecule is O=C(c1ccoc1)N1CCS[C@@H](c2ccco2)CC1. The van der Waals surface area contributed by atoms with E-state index < -0.39 is 0 Å². The van der Waals surface area contributed by atoms with Crippen molar-refractivity contribution < 1.29 is 13.6 Å². The van der Waals surface area contributed by atoms with Crippen LogP contribution in [0.3, 0.4) is 0 Å². The first-order valence-corrected chi connectivity index (χ1v) is 7.36. The Bertz CT molecular complexity index is 521. The Balaban J connectivity index is 1.66. The predicted molar refractivity (Wildman–Crippen MR) is 73.1 cm³/mol. The van der Waals surface area contributed by atoms with Gasteiger partial charge in [0, 0.05) is 18.8 Å². The van der Waals surface area contributed by atoms with Crippen LogP contribution in [0.25, 0.3) is 0 Å². The minimum absolute atomic E-state index is 0.0504. The zero-order valence-electron chi connectivity index (χ0n) is 10.5. The van der Waals surface area contributed by atoms with Crippen molar-refractivity contribution in [2.75, 3.05) is 18.8 Å². The first-order chi connectivity index (χ1) is 9.34. The number of hydrogen-bond acceptors (Lipinski definition) is 4. The third-order valence-corrected chi connectivity index (χ3v) is 4.55. The molecule has 0 spiro atoms. The quantitative estimate of drug-likeness (QED) is 0.845. The second-order valence-corrected chi connectivity index (χ2v) is 5.78. The fourth-order valence-corrected chi connectivity index (χ4v) is 3.42. The summed E-state index contributed by atoms with van der Waals surface area (Å²) < 4.78 is 10.4. The standard InChI is InChI=1S/C14H15NO3S/c16-14(11-4-8-17-10-11)15-5-3-13(19-9-6-15)12-2-1-7-18-12/h1-2,4,7-8,10,13H,3,5-6,9H2/t13-/m1/s1. The van der Waals surface area contributed by atoms with Crippen LogP contribution in [0.4, 0.5) is 0 Å². The molecule has 1 fully saturated rings. The van der Waals surface area contributed by atoms with Crippen molar-refractivity contribution in [3.63, 3.8) is 0 Å². The van der Waals surface area contributed by atoms with Crippen molar-refractivity contribution in [3.8, 4) is 0 Å². The fourth-order valence-electron chi connectivity index (χ4n) is 2.24. The normalized spacial score (nSPS) is 20.2. The van der Waals surface area contributed by atoms with Crippen molar-refractivity contribution in [2.24, 2.45) is 0 Å². The Labute approximate surface area is 115 Å². The van der Waals surface area contributed by atoms with Gasteiger partial charge in [-0.1, -0.05) is 0 Å². The van der Waals surface area contributed by atoms with Gasteiger partial charge in [0.2, 0.25) is 0 Å². The number of nitrogens with zero attached hydrogens (tertiary/aromatic N) is 1. The molecule has 5 heteroatoms. The topological polar surface area (TPSA) is 46.6 Å². The fraction of sp³-hybridized carbons (Fsp3) is 0.357. The average molecular weight is 277 g/mol. The summed E-state index contributed by atoms with van der Waals surface area (Å²) >= 11 is 1.85. The van der Waals surface area contributed by atoms with Crippen LogP contribution in [0.2, 0.25) is 0 Å². The van der Waals surface area contributed by atoms with Gasteiger partial charge in [-0.05, 0) is 24.6 Å². The van der Waals surface area contributed by atoms with E-state index in [9.17, 15) is 4.79 Å². The smallest absolute Gasteiger partial charge is 0.257 e.